The minimum absolute atomic E-state index is 0.104. The number of halogens is 1. The Morgan fingerprint density at radius 2 is 1.76 bits per heavy atom. The average Bonchev–Trinajstić information content (AvgIpc) is 2.46. The molecule has 0 heterocycles. The first-order chi connectivity index (χ1) is 10.0. The summed E-state index contributed by atoms with van der Waals surface area (Å²) in [5, 5.41) is 10.5. The van der Waals surface area contributed by atoms with Crippen molar-refractivity contribution in [1.29, 1.82) is 0 Å². The van der Waals surface area contributed by atoms with Gasteiger partial charge in [-0.1, -0.05) is 18.2 Å². The fraction of sp³-hybridized carbons (Fsp3) is 0.294. The predicted molar refractivity (Wildman–Crippen MR) is 87.0 cm³/mol. The molecule has 0 saturated heterocycles. The lowest BCUT2D eigenvalue weighted by atomic mass is 10.0. The molecule has 2 aromatic carbocycles. The summed E-state index contributed by atoms with van der Waals surface area (Å²) in [6, 6.07) is 13.1. The van der Waals surface area contributed by atoms with Crippen LogP contribution in [0.5, 0.6) is 11.5 Å². The normalized spacial score (nSPS) is 12.3. The lowest BCUT2D eigenvalue weighted by molar-refractivity contribution is 0.216. The lowest BCUT2D eigenvalue weighted by Crippen LogP contribution is -2.06. The predicted octanol–water partition coefficient (Wildman–Crippen LogP) is 4.33. The lowest BCUT2D eigenvalue weighted by Gasteiger charge is -2.15. The monoisotopic (exact) mass is 350 g/mol. The van der Waals surface area contributed by atoms with Crippen molar-refractivity contribution in [3.05, 3.63) is 58.1 Å². The summed E-state index contributed by atoms with van der Waals surface area (Å²) >= 11 is 3.43. The van der Waals surface area contributed by atoms with Crippen molar-refractivity contribution in [2.75, 3.05) is 7.11 Å². The van der Waals surface area contributed by atoms with Gasteiger partial charge in [0.2, 0.25) is 0 Å². The van der Waals surface area contributed by atoms with Gasteiger partial charge >= 0.3 is 0 Å². The summed E-state index contributed by atoms with van der Waals surface area (Å²) < 4.78 is 11.7. The minimum atomic E-state index is -0.706. The van der Waals surface area contributed by atoms with Gasteiger partial charge in [-0.15, -0.1) is 0 Å². The van der Waals surface area contributed by atoms with Gasteiger partial charge < -0.3 is 14.6 Å². The Morgan fingerprint density at radius 1 is 1.05 bits per heavy atom. The zero-order valence-corrected chi connectivity index (χ0v) is 13.9. The van der Waals surface area contributed by atoms with Gasteiger partial charge in [-0.2, -0.15) is 0 Å². The van der Waals surface area contributed by atoms with Crippen LogP contribution in [0.2, 0.25) is 0 Å². The molecule has 0 aliphatic carbocycles. The topological polar surface area (TPSA) is 38.7 Å². The Morgan fingerprint density at radius 3 is 2.38 bits per heavy atom. The van der Waals surface area contributed by atoms with Crippen LogP contribution >= 0.6 is 15.9 Å². The van der Waals surface area contributed by atoms with E-state index in [0.717, 1.165) is 27.1 Å². The van der Waals surface area contributed by atoms with Crippen LogP contribution in [0.4, 0.5) is 0 Å². The second kappa shape index (κ2) is 6.96. The Balaban J connectivity index is 2.27. The molecule has 1 atom stereocenters. The van der Waals surface area contributed by atoms with E-state index in [4.69, 9.17) is 9.47 Å². The zero-order valence-electron chi connectivity index (χ0n) is 12.3. The van der Waals surface area contributed by atoms with Crippen LogP contribution in [0.25, 0.3) is 0 Å². The van der Waals surface area contributed by atoms with Crippen molar-refractivity contribution in [1.82, 2.24) is 0 Å². The van der Waals surface area contributed by atoms with Gasteiger partial charge in [0, 0.05) is 0 Å². The van der Waals surface area contributed by atoms with Gasteiger partial charge in [0.1, 0.15) is 17.6 Å². The highest BCUT2D eigenvalue weighted by Crippen LogP contribution is 2.31. The van der Waals surface area contributed by atoms with Crippen LogP contribution < -0.4 is 9.47 Å². The second-order valence-electron chi connectivity index (χ2n) is 5.04. The molecule has 1 unspecified atom stereocenters. The summed E-state index contributed by atoms with van der Waals surface area (Å²) in [6.07, 6.45) is -0.601. The highest BCUT2D eigenvalue weighted by molar-refractivity contribution is 9.10. The first-order valence-corrected chi connectivity index (χ1v) is 7.58. The number of benzene rings is 2. The summed E-state index contributed by atoms with van der Waals surface area (Å²) in [4.78, 5) is 0. The molecule has 2 aromatic rings. The molecule has 0 amide bonds. The van der Waals surface area contributed by atoms with Crippen LogP contribution in [0.3, 0.4) is 0 Å². The van der Waals surface area contributed by atoms with E-state index in [1.165, 1.54) is 0 Å². The molecule has 0 aromatic heterocycles. The van der Waals surface area contributed by atoms with E-state index in [1.54, 1.807) is 7.11 Å². The quantitative estimate of drug-likeness (QED) is 0.872. The first kappa shape index (κ1) is 15.9. The third kappa shape index (κ3) is 3.99. The van der Waals surface area contributed by atoms with E-state index >= 15 is 0 Å². The molecule has 0 bridgehead atoms. The van der Waals surface area contributed by atoms with Crippen molar-refractivity contribution in [3.63, 3.8) is 0 Å². The molecular formula is C17H19BrO3. The summed E-state index contributed by atoms with van der Waals surface area (Å²) in [6.45, 7) is 3.95. The molecular weight excluding hydrogens is 332 g/mol. The minimum Gasteiger partial charge on any atom is -0.496 e. The van der Waals surface area contributed by atoms with Gasteiger partial charge in [0.05, 0.1) is 17.7 Å². The second-order valence-corrected chi connectivity index (χ2v) is 5.89. The third-order valence-electron chi connectivity index (χ3n) is 3.04. The maximum Gasteiger partial charge on any atom is 0.133 e. The fourth-order valence-electron chi connectivity index (χ4n) is 2.08. The molecule has 21 heavy (non-hydrogen) atoms. The SMILES string of the molecule is COc1ccc(C(O)c2cccc(OC(C)C)c2)cc1Br. The molecule has 1 N–H and O–H groups in total. The molecule has 2 rings (SSSR count). The van der Waals surface area contributed by atoms with Gasteiger partial charge in [-0.05, 0) is 65.2 Å². The summed E-state index contributed by atoms with van der Waals surface area (Å²) in [5.41, 5.74) is 1.59. The zero-order chi connectivity index (χ0) is 15.4. The first-order valence-electron chi connectivity index (χ1n) is 6.79. The Labute approximate surface area is 133 Å². The van der Waals surface area contributed by atoms with Crippen LogP contribution in [0.1, 0.15) is 31.1 Å². The number of aliphatic hydroxyl groups is 1. The molecule has 3 nitrogen and oxygen atoms in total. The molecule has 0 fully saturated rings. The van der Waals surface area contributed by atoms with E-state index in [1.807, 2.05) is 56.3 Å². The van der Waals surface area contributed by atoms with Crippen molar-refractivity contribution in [2.24, 2.45) is 0 Å². The Kier molecular flexibility index (Phi) is 5.26. The maximum atomic E-state index is 10.5. The van der Waals surface area contributed by atoms with Crippen LogP contribution in [-0.4, -0.2) is 18.3 Å². The molecule has 0 saturated carbocycles. The van der Waals surface area contributed by atoms with E-state index in [-0.39, 0.29) is 6.10 Å². The number of aliphatic hydroxyl groups excluding tert-OH is 1. The van der Waals surface area contributed by atoms with Crippen LogP contribution in [0.15, 0.2) is 46.9 Å². The van der Waals surface area contributed by atoms with Crippen molar-refractivity contribution < 1.29 is 14.6 Å². The van der Waals surface area contributed by atoms with E-state index in [0.29, 0.717) is 0 Å². The molecule has 0 radical (unpaired) electrons. The highest BCUT2D eigenvalue weighted by Gasteiger charge is 2.13. The summed E-state index contributed by atoms with van der Waals surface area (Å²) in [7, 11) is 1.61. The van der Waals surface area contributed by atoms with Crippen LogP contribution in [0, 0.1) is 0 Å². The maximum absolute atomic E-state index is 10.5. The molecule has 0 aliphatic heterocycles. The number of hydrogen-bond acceptors (Lipinski definition) is 3. The van der Waals surface area contributed by atoms with E-state index in [2.05, 4.69) is 15.9 Å². The number of hydrogen-bond donors (Lipinski definition) is 1. The van der Waals surface area contributed by atoms with Gasteiger partial charge in [-0.3, -0.25) is 0 Å². The molecule has 0 aliphatic rings. The average molecular weight is 351 g/mol. The number of rotatable bonds is 5. The van der Waals surface area contributed by atoms with E-state index in [9.17, 15) is 5.11 Å². The van der Waals surface area contributed by atoms with Gasteiger partial charge in [-0.25, -0.2) is 0 Å². The standard InChI is InChI=1S/C17H19BrO3/c1-11(2)21-14-6-4-5-12(9-14)17(19)13-7-8-16(20-3)15(18)10-13/h4-11,17,19H,1-3H3. The fourth-order valence-corrected chi connectivity index (χ4v) is 2.63. The van der Waals surface area contributed by atoms with Crippen molar-refractivity contribution in [2.45, 2.75) is 26.1 Å². The Bertz CT molecular complexity index is 611. The van der Waals surface area contributed by atoms with E-state index < -0.39 is 6.10 Å². The number of ether oxygens (including phenoxy) is 2. The van der Waals surface area contributed by atoms with Crippen LogP contribution in [-0.2, 0) is 0 Å². The highest BCUT2D eigenvalue weighted by atomic mass is 79.9. The molecule has 0 spiro atoms. The summed E-state index contributed by atoms with van der Waals surface area (Å²) in [5.74, 6) is 1.50. The Hall–Kier alpha value is -1.52. The van der Waals surface area contributed by atoms with Gasteiger partial charge in [0.15, 0.2) is 0 Å². The molecule has 4 heteroatoms. The van der Waals surface area contributed by atoms with Gasteiger partial charge in [0.25, 0.3) is 0 Å². The third-order valence-corrected chi connectivity index (χ3v) is 3.66. The smallest absolute Gasteiger partial charge is 0.133 e. The number of methoxy groups -OCH3 is 1. The van der Waals surface area contributed by atoms with Crippen molar-refractivity contribution >= 4 is 15.9 Å². The van der Waals surface area contributed by atoms with Crippen molar-refractivity contribution in [3.8, 4) is 11.5 Å². The largest absolute Gasteiger partial charge is 0.496 e. The molecule has 112 valence electrons.